The molecule has 106 valence electrons. The van der Waals surface area contributed by atoms with Gasteiger partial charge in [0.05, 0.1) is 6.20 Å². The van der Waals surface area contributed by atoms with Crippen LogP contribution in [-0.2, 0) is 6.54 Å². The molecule has 0 radical (unpaired) electrons. The van der Waals surface area contributed by atoms with E-state index in [1.807, 2.05) is 19.1 Å². The van der Waals surface area contributed by atoms with E-state index < -0.39 is 0 Å². The molecule has 20 heavy (non-hydrogen) atoms. The van der Waals surface area contributed by atoms with Crippen LogP contribution < -0.4 is 10.1 Å². The molecule has 0 aliphatic heterocycles. The largest absolute Gasteiger partial charge is 0.455 e. The van der Waals surface area contributed by atoms with Crippen molar-refractivity contribution < 1.29 is 9.13 Å². The Hall–Kier alpha value is -1.94. The molecular formula is C16H19FN2O. The zero-order valence-electron chi connectivity index (χ0n) is 11.8. The maximum atomic E-state index is 13.4. The number of pyridine rings is 1. The van der Waals surface area contributed by atoms with Crippen LogP contribution in [0.25, 0.3) is 0 Å². The highest BCUT2D eigenvalue weighted by molar-refractivity contribution is 5.37. The molecule has 0 saturated heterocycles. The van der Waals surface area contributed by atoms with Gasteiger partial charge in [0, 0.05) is 17.8 Å². The van der Waals surface area contributed by atoms with Gasteiger partial charge in [-0.2, -0.15) is 0 Å². The molecule has 0 aliphatic rings. The van der Waals surface area contributed by atoms with Crippen molar-refractivity contribution in [3.05, 3.63) is 53.6 Å². The molecule has 1 heterocycles. The Morgan fingerprint density at radius 1 is 1.25 bits per heavy atom. The summed E-state index contributed by atoms with van der Waals surface area (Å²) in [7, 11) is 0. The summed E-state index contributed by atoms with van der Waals surface area (Å²) < 4.78 is 19.1. The van der Waals surface area contributed by atoms with Gasteiger partial charge in [-0.25, -0.2) is 4.39 Å². The van der Waals surface area contributed by atoms with Gasteiger partial charge in [0.15, 0.2) is 0 Å². The Bertz CT molecular complexity index is 555. The number of hydrogen-bond donors (Lipinski definition) is 1. The van der Waals surface area contributed by atoms with Crippen LogP contribution in [0.15, 0.2) is 36.5 Å². The van der Waals surface area contributed by atoms with E-state index in [0.717, 1.165) is 24.2 Å². The van der Waals surface area contributed by atoms with Crippen LogP contribution in [0.4, 0.5) is 4.39 Å². The van der Waals surface area contributed by atoms with E-state index in [0.29, 0.717) is 18.0 Å². The standard InChI is InChI=1S/C16H19FN2O/c1-3-8-18-10-13-9-14(17)5-7-16(13)20-15-6-4-12(2)19-11-15/h4-7,9,11,18H,3,8,10H2,1-2H3. The molecule has 1 N–H and O–H groups in total. The van der Waals surface area contributed by atoms with Gasteiger partial charge in [-0.3, -0.25) is 4.98 Å². The van der Waals surface area contributed by atoms with Gasteiger partial charge < -0.3 is 10.1 Å². The molecule has 0 spiro atoms. The van der Waals surface area contributed by atoms with Gasteiger partial charge in [-0.05, 0) is 50.2 Å². The van der Waals surface area contributed by atoms with Gasteiger partial charge in [0.25, 0.3) is 0 Å². The predicted octanol–water partition coefficient (Wildman–Crippen LogP) is 3.82. The Kier molecular flexibility index (Phi) is 5.07. The van der Waals surface area contributed by atoms with Gasteiger partial charge in [0.2, 0.25) is 0 Å². The number of aromatic nitrogens is 1. The van der Waals surface area contributed by atoms with Crippen molar-refractivity contribution in [2.45, 2.75) is 26.8 Å². The van der Waals surface area contributed by atoms with Crippen LogP contribution >= 0.6 is 0 Å². The summed E-state index contributed by atoms with van der Waals surface area (Å²) in [5.74, 6) is 1.05. The molecule has 0 atom stereocenters. The summed E-state index contributed by atoms with van der Waals surface area (Å²) in [5, 5.41) is 3.25. The third-order valence-electron chi connectivity index (χ3n) is 2.88. The Labute approximate surface area is 118 Å². The second-order valence-electron chi connectivity index (χ2n) is 4.67. The summed E-state index contributed by atoms with van der Waals surface area (Å²) >= 11 is 0. The van der Waals surface area contributed by atoms with Crippen molar-refractivity contribution in [3.8, 4) is 11.5 Å². The Morgan fingerprint density at radius 2 is 2.10 bits per heavy atom. The number of halogens is 1. The number of rotatable bonds is 6. The van der Waals surface area contributed by atoms with Gasteiger partial charge >= 0.3 is 0 Å². The van der Waals surface area contributed by atoms with Gasteiger partial charge in [-0.15, -0.1) is 0 Å². The van der Waals surface area contributed by atoms with Crippen molar-refractivity contribution in [1.82, 2.24) is 10.3 Å². The number of ether oxygens (including phenoxy) is 1. The van der Waals surface area contributed by atoms with E-state index in [1.165, 1.54) is 12.1 Å². The Balaban J connectivity index is 2.15. The molecule has 4 heteroatoms. The molecule has 2 aromatic rings. The van der Waals surface area contributed by atoms with Crippen molar-refractivity contribution in [2.24, 2.45) is 0 Å². The minimum atomic E-state index is -0.257. The molecule has 1 aromatic carbocycles. The average Bonchev–Trinajstić information content (AvgIpc) is 2.44. The predicted molar refractivity (Wildman–Crippen MR) is 77.4 cm³/mol. The molecule has 0 aliphatic carbocycles. The van der Waals surface area contributed by atoms with Crippen LogP contribution in [0.2, 0.25) is 0 Å². The monoisotopic (exact) mass is 274 g/mol. The van der Waals surface area contributed by atoms with Crippen LogP contribution in [0.1, 0.15) is 24.6 Å². The highest BCUT2D eigenvalue weighted by Gasteiger charge is 2.07. The first kappa shape index (κ1) is 14.5. The molecule has 0 amide bonds. The second kappa shape index (κ2) is 7.01. The number of nitrogens with zero attached hydrogens (tertiary/aromatic N) is 1. The summed E-state index contributed by atoms with van der Waals surface area (Å²) in [6.45, 7) is 5.48. The van der Waals surface area contributed by atoms with E-state index in [4.69, 9.17) is 4.74 Å². The number of aryl methyl sites for hydroxylation is 1. The topological polar surface area (TPSA) is 34.1 Å². The van der Waals surface area contributed by atoms with Gasteiger partial charge in [-0.1, -0.05) is 6.92 Å². The summed E-state index contributed by atoms with van der Waals surface area (Å²) in [5.41, 5.74) is 1.74. The first-order chi connectivity index (χ1) is 9.69. The average molecular weight is 274 g/mol. The van der Waals surface area contributed by atoms with Crippen molar-refractivity contribution in [3.63, 3.8) is 0 Å². The lowest BCUT2D eigenvalue weighted by Gasteiger charge is -2.12. The fraction of sp³-hybridized carbons (Fsp3) is 0.312. The van der Waals surface area contributed by atoms with E-state index in [2.05, 4.69) is 17.2 Å². The molecule has 0 bridgehead atoms. The van der Waals surface area contributed by atoms with Crippen LogP contribution in [0.5, 0.6) is 11.5 Å². The molecule has 0 saturated carbocycles. The minimum Gasteiger partial charge on any atom is -0.455 e. The molecule has 3 nitrogen and oxygen atoms in total. The van der Waals surface area contributed by atoms with Crippen LogP contribution in [-0.4, -0.2) is 11.5 Å². The summed E-state index contributed by atoms with van der Waals surface area (Å²) in [6.07, 6.45) is 2.70. The SMILES string of the molecule is CCCNCc1cc(F)ccc1Oc1ccc(C)nc1. The summed E-state index contributed by atoms with van der Waals surface area (Å²) in [6, 6.07) is 8.29. The first-order valence-electron chi connectivity index (χ1n) is 6.78. The molecular weight excluding hydrogens is 255 g/mol. The van der Waals surface area contributed by atoms with Crippen LogP contribution in [0.3, 0.4) is 0 Å². The van der Waals surface area contributed by atoms with E-state index in [9.17, 15) is 4.39 Å². The molecule has 2 rings (SSSR count). The number of benzene rings is 1. The number of hydrogen-bond acceptors (Lipinski definition) is 3. The lowest BCUT2D eigenvalue weighted by Crippen LogP contribution is -2.14. The minimum absolute atomic E-state index is 0.257. The maximum Gasteiger partial charge on any atom is 0.145 e. The lowest BCUT2D eigenvalue weighted by molar-refractivity contribution is 0.467. The lowest BCUT2D eigenvalue weighted by atomic mass is 10.2. The second-order valence-corrected chi connectivity index (χ2v) is 4.67. The number of nitrogens with one attached hydrogen (secondary N) is 1. The Morgan fingerprint density at radius 3 is 2.80 bits per heavy atom. The maximum absolute atomic E-state index is 13.4. The zero-order chi connectivity index (χ0) is 14.4. The van der Waals surface area contributed by atoms with E-state index >= 15 is 0 Å². The zero-order valence-corrected chi connectivity index (χ0v) is 11.8. The van der Waals surface area contributed by atoms with Crippen molar-refractivity contribution in [2.75, 3.05) is 6.54 Å². The highest BCUT2D eigenvalue weighted by Crippen LogP contribution is 2.25. The highest BCUT2D eigenvalue weighted by atomic mass is 19.1. The smallest absolute Gasteiger partial charge is 0.145 e. The van der Waals surface area contributed by atoms with Crippen molar-refractivity contribution in [1.29, 1.82) is 0 Å². The van der Waals surface area contributed by atoms with Crippen molar-refractivity contribution >= 4 is 0 Å². The third-order valence-corrected chi connectivity index (χ3v) is 2.88. The molecule has 0 fully saturated rings. The molecule has 1 aromatic heterocycles. The fourth-order valence-corrected chi connectivity index (χ4v) is 1.83. The summed E-state index contributed by atoms with van der Waals surface area (Å²) in [4.78, 5) is 4.18. The van der Waals surface area contributed by atoms with Gasteiger partial charge in [0.1, 0.15) is 17.3 Å². The van der Waals surface area contributed by atoms with E-state index in [-0.39, 0.29) is 5.82 Å². The van der Waals surface area contributed by atoms with Crippen LogP contribution in [0, 0.1) is 12.7 Å². The normalized spacial score (nSPS) is 10.6. The molecule has 0 unspecified atom stereocenters. The quantitative estimate of drug-likeness (QED) is 0.813. The third kappa shape index (κ3) is 4.03. The fourth-order valence-electron chi connectivity index (χ4n) is 1.83. The first-order valence-corrected chi connectivity index (χ1v) is 6.78. The van der Waals surface area contributed by atoms with E-state index in [1.54, 1.807) is 12.3 Å².